The van der Waals surface area contributed by atoms with Gasteiger partial charge in [-0.1, -0.05) is 52.9 Å². The van der Waals surface area contributed by atoms with Crippen LogP contribution in [0.5, 0.6) is 0 Å². The number of rotatable bonds is 7. The van der Waals surface area contributed by atoms with Gasteiger partial charge in [-0.05, 0) is 49.5 Å². The van der Waals surface area contributed by atoms with Crippen molar-refractivity contribution >= 4 is 0 Å². The Kier molecular flexibility index (Phi) is 7.18. The van der Waals surface area contributed by atoms with Gasteiger partial charge in [0.1, 0.15) is 0 Å². The lowest BCUT2D eigenvalue weighted by Crippen LogP contribution is -2.31. The van der Waals surface area contributed by atoms with Crippen molar-refractivity contribution in [2.45, 2.75) is 72.1 Å². The Morgan fingerprint density at radius 1 is 1.18 bits per heavy atom. The van der Waals surface area contributed by atoms with Crippen molar-refractivity contribution < 1.29 is 0 Å². The minimum Gasteiger partial charge on any atom is -0.330 e. The molecule has 0 radical (unpaired) electrons. The molecule has 17 heavy (non-hydrogen) atoms. The second-order valence-electron chi connectivity index (χ2n) is 6.33. The summed E-state index contributed by atoms with van der Waals surface area (Å²) >= 11 is 0. The van der Waals surface area contributed by atoms with Crippen LogP contribution in [0.15, 0.2) is 0 Å². The van der Waals surface area contributed by atoms with E-state index in [1.807, 2.05) is 0 Å². The molecule has 0 heterocycles. The lowest BCUT2D eigenvalue weighted by Gasteiger charge is -2.36. The Morgan fingerprint density at radius 2 is 1.94 bits per heavy atom. The quantitative estimate of drug-likeness (QED) is 0.690. The first-order valence-electron chi connectivity index (χ1n) is 7.91. The van der Waals surface area contributed by atoms with Crippen molar-refractivity contribution in [1.82, 2.24) is 0 Å². The van der Waals surface area contributed by atoms with Crippen LogP contribution in [-0.4, -0.2) is 6.54 Å². The zero-order chi connectivity index (χ0) is 12.7. The van der Waals surface area contributed by atoms with Gasteiger partial charge in [0, 0.05) is 0 Å². The van der Waals surface area contributed by atoms with E-state index in [-0.39, 0.29) is 0 Å². The summed E-state index contributed by atoms with van der Waals surface area (Å²) in [6, 6.07) is 0. The number of nitrogens with two attached hydrogens (primary N) is 1. The lowest BCUT2D eigenvalue weighted by atomic mass is 9.70. The van der Waals surface area contributed by atoms with E-state index in [2.05, 4.69) is 20.8 Å². The van der Waals surface area contributed by atoms with Crippen LogP contribution in [-0.2, 0) is 0 Å². The predicted octanol–water partition coefficient (Wildman–Crippen LogP) is 4.60. The third kappa shape index (κ3) is 4.99. The van der Waals surface area contributed by atoms with Gasteiger partial charge < -0.3 is 5.73 Å². The summed E-state index contributed by atoms with van der Waals surface area (Å²) in [6.45, 7) is 8.01. The Labute approximate surface area is 109 Å². The van der Waals surface area contributed by atoms with Gasteiger partial charge in [-0.15, -0.1) is 0 Å². The molecular formula is C16H33N. The normalized spacial score (nSPS) is 31.4. The van der Waals surface area contributed by atoms with Crippen LogP contribution in [0.2, 0.25) is 0 Å². The lowest BCUT2D eigenvalue weighted by molar-refractivity contribution is 0.157. The molecule has 1 fully saturated rings. The third-order valence-corrected chi connectivity index (χ3v) is 4.88. The van der Waals surface area contributed by atoms with Gasteiger partial charge >= 0.3 is 0 Å². The van der Waals surface area contributed by atoms with Gasteiger partial charge in [-0.25, -0.2) is 0 Å². The summed E-state index contributed by atoms with van der Waals surface area (Å²) in [7, 11) is 0. The third-order valence-electron chi connectivity index (χ3n) is 4.88. The topological polar surface area (TPSA) is 26.0 Å². The molecule has 0 aromatic rings. The van der Waals surface area contributed by atoms with E-state index >= 15 is 0 Å². The summed E-state index contributed by atoms with van der Waals surface area (Å²) in [5.74, 6) is 3.64. The highest BCUT2D eigenvalue weighted by atomic mass is 14.6. The average Bonchev–Trinajstić information content (AvgIpc) is 2.34. The van der Waals surface area contributed by atoms with Crippen LogP contribution < -0.4 is 5.73 Å². The van der Waals surface area contributed by atoms with E-state index in [0.717, 1.165) is 30.2 Å². The molecule has 1 saturated carbocycles. The van der Waals surface area contributed by atoms with Crippen LogP contribution in [0, 0.1) is 23.7 Å². The number of hydrogen-bond donors (Lipinski definition) is 1. The van der Waals surface area contributed by atoms with E-state index < -0.39 is 0 Å². The molecule has 4 unspecified atom stereocenters. The Hall–Kier alpha value is -0.0400. The predicted molar refractivity (Wildman–Crippen MR) is 77.0 cm³/mol. The average molecular weight is 239 g/mol. The summed E-state index contributed by atoms with van der Waals surface area (Å²) in [5, 5.41) is 0. The summed E-state index contributed by atoms with van der Waals surface area (Å²) < 4.78 is 0. The van der Waals surface area contributed by atoms with Gasteiger partial charge in [0.2, 0.25) is 0 Å². The van der Waals surface area contributed by atoms with Gasteiger partial charge in [-0.2, -0.15) is 0 Å². The highest BCUT2D eigenvalue weighted by Crippen LogP contribution is 2.38. The minimum absolute atomic E-state index is 0.821. The van der Waals surface area contributed by atoms with Crippen molar-refractivity contribution in [1.29, 1.82) is 0 Å². The molecule has 1 aliphatic rings. The van der Waals surface area contributed by atoms with E-state index in [9.17, 15) is 0 Å². The van der Waals surface area contributed by atoms with Crippen molar-refractivity contribution in [2.24, 2.45) is 29.4 Å². The van der Waals surface area contributed by atoms with Crippen LogP contribution in [0.25, 0.3) is 0 Å². The minimum atomic E-state index is 0.821. The molecule has 1 aliphatic carbocycles. The molecular weight excluding hydrogens is 206 g/mol. The zero-order valence-electron chi connectivity index (χ0n) is 12.3. The molecule has 0 bridgehead atoms. The molecule has 1 nitrogen and oxygen atoms in total. The fourth-order valence-corrected chi connectivity index (χ4v) is 3.57. The van der Waals surface area contributed by atoms with Crippen molar-refractivity contribution in [3.05, 3.63) is 0 Å². The Bertz CT molecular complexity index is 190. The molecule has 0 aromatic heterocycles. The van der Waals surface area contributed by atoms with Gasteiger partial charge in [-0.3, -0.25) is 0 Å². The maximum atomic E-state index is 5.96. The highest BCUT2D eigenvalue weighted by Gasteiger charge is 2.29. The Balaban J connectivity index is 2.43. The van der Waals surface area contributed by atoms with Crippen LogP contribution >= 0.6 is 0 Å². The van der Waals surface area contributed by atoms with Crippen molar-refractivity contribution in [2.75, 3.05) is 6.54 Å². The molecule has 4 atom stereocenters. The van der Waals surface area contributed by atoms with Crippen LogP contribution in [0.4, 0.5) is 0 Å². The summed E-state index contributed by atoms with van der Waals surface area (Å²) in [4.78, 5) is 0. The fourth-order valence-electron chi connectivity index (χ4n) is 3.57. The first kappa shape index (κ1) is 15.0. The van der Waals surface area contributed by atoms with E-state index in [4.69, 9.17) is 5.73 Å². The molecule has 0 aliphatic heterocycles. The van der Waals surface area contributed by atoms with Crippen molar-refractivity contribution in [3.63, 3.8) is 0 Å². The van der Waals surface area contributed by atoms with Crippen LogP contribution in [0.3, 0.4) is 0 Å². The summed E-state index contributed by atoms with van der Waals surface area (Å²) in [5.41, 5.74) is 5.96. The molecule has 0 amide bonds. The monoisotopic (exact) mass is 239 g/mol. The van der Waals surface area contributed by atoms with E-state index in [1.54, 1.807) is 0 Å². The van der Waals surface area contributed by atoms with Gasteiger partial charge in [0.15, 0.2) is 0 Å². The smallest absolute Gasteiger partial charge is 0.00462 e. The van der Waals surface area contributed by atoms with Crippen molar-refractivity contribution in [3.8, 4) is 0 Å². The van der Waals surface area contributed by atoms with Gasteiger partial charge in [0.25, 0.3) is 0 Å². The largest absolute Gasteiger partial charge is 0.330 e. The van der Waals surface area contributed by atoms with Gasteiger partial charge in [0.05, 0.1) is 0 Å². The molecule has 0 aromatic carbocycles. The first-order chi connectivity index (χ1) is 8.21. The van der Waals surface area contributed by atoms with E-state index in [0.29, 0.717) is 0 Å². The number of unbranched alkanes of at least 4 members (excludes halogenated alkanes) is 1. The SMILES string of the molecule is CCCCC(CC)CC1CC(C)CCC1CN. The van der Waals surface area contributed by atoms with E-state index in [1.165, 1.54) is 51.4 Å². The maximum Gasteiger partial charge on any atom is -0.00462 e. The first-order valence-corrected chi connectivity index (χ1v) is 7.91. The zero-order valence-corrected chi connectivity index (χ0v) is 12.3. The number of hydrogen-bond acceptors (Lipinski definition) is 1. The fraction of sp³-hybridized carbons (Fsp3) is 1.00. The summed E-state index contributed by atoms with van der Waals surface area (Å²) in [6.07, 6.45) is 11.2. The molecule has 1 rings (SSSR count). The molecule has 2 N–H and O–H groups in total. The molecule has 1 heteroatoms. The van der Waals surface area contributed by atoms with Crippen LogP contribution in [0.1, 0.15) is 72.1 Å². The second kappa shape index (κ2) is 8.13. The molecule has 0 spiro atoms. The molecule has 0 saturated heterocycles. The molecule has 102 valence electrons. The highest BCUT2D eigenvalue weighted by molar-refractivity contribution is 4.81. The Morgan fingerprint density at radius 3 is 2.53 bits per heavy atom. The standard InChI is InChI=1S/C16H33N/c1-4-6-7-14(5-2)11-16-10-13(3)8-9-15(16)12-17/h13-16H,4-12,17H2,1-3H3. The maximum absolute atomic E-state index is 5.96. The second-order valence-corrected chi connectivity index (χ2v) is 6.33.